The molecule has 0 radical (unpaired) electrons. The highest BCUT2D eigenvalue weighted by Crippen LogP contribution is 2.46. The Morgan fingerprint density at radius 1 is 1.19 bits per heavy atom. The van der Waals surface area contributed by atoms with Crippen LogP contribution in [-0.4, -0.2) is 16.9 Å². The van der Waals surface area contributed by atoms with E-state index in [-0.39, 0.29) is 24.8 Å². The van der Waals surface area contributed by atoms with Crippen molar-refractivity contribution in [2.24, 2.45) is 5.41 Å². The van der Waals surface area contributed by atoms with Gasteiger partial charge in [0.2, 0.25) is 0 Å². The molecule has 2 aliphatic rings. The smallest absolute Gasteiger partial charge is 0.260 e. The number of hydrogen-bond donors (Lipinski definition) is 0. The van der Waals surface area contributed by atoms with Crippen molar-refractivity contribution in [2.45, 2.75) is 38.7 Å². The summed E-state index contributed by atoms with van der Waals surface area (Å²) < 4.78 is 0. The summed E-state index contributed by atoms with van der Waals surface area (Å²) in [6.07, 6.45) is 3.85. The third-order valence-electron chi connectivity index (χ3n) is 4.36. The summed E-state index contributed by atoms with van der Waals surface area (Å²) >= 11 is 0. The van der Waals surface area contributed by atoms with Crippen molar-refractivity contribution < 1.29 is 14.4 Å². The first-order valence-electron chi connectivity index (χ1n) is 7.14. The van der Waals surface area contributed by atoms with Gasteiger partial charge in [-0.2, -0.15) is 10.3 Å². The molecule has 1 saturated heterocycles. The molecule has 1 spiro atoms. The quantitative estimate of drug-likeness (QED) is 0.799. The molecule has 5 heteroatoms. The zero-order chi connectivity index (χ0) is 14.9. The minimum atomic E-state index is -0.498. The SMILES string of the molecule is N#Cc1ccc(CON2C(=O)CC3(CCCC3)C2=O)cc1. The van der Waals surface area contributed by atoms with Crippen molar-refractivity contribution >= 4 is 11.8 Å². The normalized spacial score (nSPS) is 20.2. The molecule has 0 bridgehead atoms. The van der Waals surface area contributed by atoms with Crippen LogP contribution in [0.15, 0.2) is 24.3 Å². The predicted octanol–water partition coefficient (Wildman–Crippen LogP) is 2.31. The van der Waals surface area contributed by atoms with E-state index in [4.69, 9.17) is 10.1 Å². The zero-order valence-electron chi connectivity index (χ0n) is 11.7. The van der Waals surface area contributed by atoms with Crippen LogP contribution in [0.3, 0.4) is 0 Å². The van der Waals surface area contributed by atoms with Crippen LogP contribution in [-0.2, 0) is 21.0 Å². The summed E-state index contributed by atoms with van der Waals surface area (Å²) in [5.74, 6) is -0.422. The van der Waals surface area contributed by atoms with Crippen LogP contribution in [0, 0.1) is 16.7 Å². The van der Waals surface area contributed by atoms with Gasteiger partial charge in [0.15, 0.2) is 0 Å². The maximum Gasteiger partial charge on any atom is 0.260 e. The summed E-state index contributed by atoms with van der Waals surface area (Å²) in [7, 11) is 0. The summed E-state index contributed by atoms with van der Waals surface area (Å²) in [5.41, 5.74) is 0.890. The van der Waals surface area contributed by atoms with Crippen LogP contribution in [0.1, 0.15) is 43.2 Å². The van der Waals surface area contributed by atoms with Gasteiger partial charge in [0.25, 0.3) is 11.8 Å². The van der Waals surface area contributed by atoms with E-state index in [1.165, 1.54) is 0 Å². The Kier molecular flexibility index (Phi) is 3.48. The van der Waals surface area contributed by atoms with E-state index in [1.807, 2.05) is 6.07 Å². The van der Waals surface area contributed by atoms with Gasteiger partial charge in [0, 0.05) is 6.42 Å². The molecule has 0 N–H and O–H groups in total. The number of carbonyl (C=O) groups is 2. The average Bonchev–Trinajstić information content (AvgIpc) is 3.05. The zero-order valence-corrected chi connectivity index (χ0v) is 11.7. The summed E-state index contributed by atoms with van der Waals surface area (Å²) in [5, 5.41) is 9.69. The van der Waals surface area contributed by atoms with Crippen LogP contribution >= 0.6 is 0 Å². The number of carbonyl (C=O) groups excluding carboxylic acids is 2. The monoisotopic (exact) mass is 284 g/mol. The minimum absolute atomic E-state index is 0.152. The number of rotatable bonds is 3. The lowest BCUT2D eigenvalue weighted by Crippen LogP contribution is -2.34. The Bertz CT molecular complexity index is 609. The Balaban J connectivity index is 1.66. The van der Waals surface area contributed by atoms with E-state index >= 15 is 0 Å². The fourth-order valence-corrected chi connectivity index (χ4v) is 3.15. The maximum absolute atomic E-state index is 12.4. The fourth-order valence-electron chi connectivity index (χ4n) is 3.15. The largest absolute Gasteiger partial charge is 0.272 e. The molecule has 1 aromatic carbocycles. The van der Waals surface area contributed by atoms with Crippen LogP contribution in [0.2, 0.25) is 0 Å². The van der Waals surface area contributed by atoms with E-state index in [1.54, 1.807) is 24.3 Å². The molecule has 2 fully saturated rings. The number of imide groups is 1. The molecule has 0 aromatic heterocycles. The van der Waals surface area contributed by atoms with Crippen molar-refractivity contribution in [1.82, 2.24) is 5.06 Å². The maximum atomic E-state index is 12.4. The molecular weight excluding hydrogens is 268 g/mol. The first kappa shape index (κ1) is 13.8. The topological polar surface area (TPSA) is 70.4 Å². The van der Waals surface area contributed by atoms with Crippen molar-refractivity contribution in [3.8, 4) is 6.07 Å². The number of amides is 2. The second kappa shape index (κ2) is 5.30. The molecule has 2 amide bonds. The molecule has 1 aromatic rings. The van der Waals surface area contributed by atoms with E-state index in [0.29, 0.717) is 5.56 Å². The second-order valence-corrected chi connectivity index (χ2v) is 5.74. The van der Waals surface area contributed by atoms with Crippen molar-refractivity contribution in [2.75, 3.05) is 0 Å². The molecule has 1 saturated carbocycles. The standard InChI is InChI=1S/C16H16N2O3/c17-10-12-3-5-13(6-4-12)11-21-18-14(19)9-16(15(18)20)7-1-2-8-16/h3-6H,1-2,7-9,11H2. The van der Waals surface area contributed by atoms with Gasteiger partial charge in [-0.25, -0.2) is 0 Å². The lowest BCUT2D eigenvalue weighted by atomic mass is 9.85. The third-order valence-corrected chi connectivity index (χ3v) is 4.36. The highest BCUT2D eigenvalue weighted by molar-refractivity contribution is 6.04. The molecule has 108 valence electrons. The highest BCUT2D eigenvalue weighted by atomic mass is 16.7. The van der Waals surface area contributed by atoms with Crippen molar-refractivity contribution in [3.05, 3.63) is 35.4 Å². The van der Waals surface area contributed by atoms with Gasteiger partial charge >= 0.3 is 0 Å². The van der Waals surface area contributed by atoms with Gasteiger partial charge in [-0.05, 0) is 30.5 Å². The van der Waals surface area contributed by atoms with Gasteiger partial charge in [-0.1, -0.05) is 25.0 Å². The number of nitrogens with zero attached hydrogens (tertiary/aromatic N) is 2. The molecule has 21 heavy (non-hydrogen) atoms. The lowest BCUT2D eigenvalue weighted by Gasteiger charge is -2.20. The first-order valence-corrected chi connectivity index (χ1v) is 7.14. The Morgan fingerprint density at radius 3 is 2.48 bits per heavy atom. The first-order chi connectivity index (χ1) is 10.1. The molecule has 1 heterocycles. The molecule has 0 atom stereocenters. The number of benzene rings is 1. The fraction of sp³-hybridized carbons (Fsp3) is 0.438. The summed E-state index contributed by atoms with van der Waals surface area (Å²) in [6.45, 7) is 0.152. The lowest BCUT2D eigenvalue weighted by molar-refractivity contribution is -0.194. The van der Waals surface area contributed by atoms with Crippen LogP contribution in [0.5, 0.6) is 0 Å². The summed E-state index contributed by atoms with van der Waals surface area (Å²) in [4.78, 5) is 29.8. The summed E-state index contributed by atoms with van der Waals surface area (Å²) in [6, 6.07) is 8.93. The molecule has 5 nitrogen and oxygen atoms in total. The van der Waals surface area contributed by atoms with E-state index in [9.17, 15) is 9.59 Å². The molecular formula is C16H16N2O3. The van der Waals surface area contributed by atoms with E-state index < -0.39 is 5.41 Å². The number of nitriles is 1. The predicted molar refractivity (Wildman–Crippen MR) is 73.3 cm³/mol. The third kappa shape index (κ3) is 2.43. The molecule has 0 unspecified atom stereocenters. The molecule has 1 aliphatic carbocycles. The number of hydroxylamine groups is 2. The minimum Gasteiger partial charge on any atom is -0.272 e. The molecule has 1 aliphatic heterocycles. The van der Waals surface area contributed by atoms with Crippen LogP contribution in [0.4, 0.5) is 0 Å². The van der Waals surface area contributed by atoms with Gasteiger partial charge < -0.3 is 0 Å². The van der Waals surface area contributed by atoms with Gasteiger partial charge in [-0.15, -0.1) is 0 Å². The van der Waals surface area contributed by atoms with Crippen LogP contribution < -0.4 is 0 Å². The average molecular weight is 284 g/mol. The van der Waals surface area contributed by atoms with E-state index in [2.05, 4.69) is 0 Å². The Morgan fingerprint density at radius 2 is 1.86 bits per heavy atom. The second-order valence-electron chi connectivity index (χ2n) is 5.74. The van der Waals surface area contributed by atoms with Gasteiger partial charge in [-0.3, -0.25) is 14.4 Å². The molecule has 3 rings (SSSR count). The number of hydrogen-bond acceptors (Lipinski definition) is 4. The van der Waals surface area contributed by atoms with Gasteiger partial charge in [0.05, 0.1) is 17.0 Å². The highest BCUT2D eigenvalue weighted by Gasteiger charge is 2.53. The van der Waals surface area contributed by atoms with Crippen molar-refractivity contribution in [1.29, 1.82) is 5.26 Å². The van der Waals surface area contributed by atoms with E-state index in [0.717, 1.165) is 36.3 Å². The Labute approximate surface area is 123 Å². The Hall–Kier alpha value is -2.19. The van der Waals surface area contributed by atoms with Crippen LogP contribution in [0.25, 0.3) is 0 Å². The van der Waals surface area contributed by atoms with Gasteiger partial charge in [0.1, 0.15) is 6.61 Å². The van der Waals surface area contributed by atoms with Crippen molar-refractivity contribution in [3.63, 3.8) is 0 Å².